The summed E-state index contributed by atoms with van der Waals surface area (Å²) in [5.41, 5.74) is 1.74. The van der Waals surface area contributed by atoms with Gasteiger partial charge in [-0.25, -0.2) is 9.78 Å². The number of rotatable bonds is 4. The molecule has 0 fully saturated rings. The highest BCUT2D eigenvalue weighted by Crippen LogP contribution is 2.49. The standard InChI is InChI=1S/C19H19N5O4S/c1-19(2,3)28-18(25)21-9-10-23-12-6-7-13(24(26)27)16-14(12)15(22-23)11-5-4-8-20-17(11)29-16/h4-8H,9-10H2,1-3H3,(H,21,25). The molecule has 0 saturated heterocycles. The number of benzene rings is 1. The average Bonchev–Trinajstić information content (AvgIpc) is 3.00. The smallest absolute Gasteiger partial charge is 0.407 e. The molecule has 1 aliphatic rings. The molecule has 3 aromatic rings. The van der Waals surface area contributed by atoms with E-state index in [0.29, 0.717) is 28.7 Å². The number of carbonyl (C=O) groups is 1. The summed E-state index contributed by atoms with van der Waals surface area (Å²) in [6.45, 7) is 6.10. The molecule has 1 N–H and O–H groups in total. The molecule has 10 heteroatoms. The van der Waals surface area contributed by atoms with Crippen LogP contribution in [0.25, 0.3) is 22.2 Å². The summed E-state index contributed by atoms with van der Waals surface area (Å²) in [6, 6.07) is 6.91. The molecule has 150 valence electrons. The van der Waals surface area contributed by atoms with Crippen molar-refractivity contribution in [2.24, 2.45) is 0 Å². The molecular formula is C19H19N5O4S. The van der Waals surface area contributed by atoms with Crippen LogP contribution in [0.2, 0.25) is 0 Å². The highest BCUT2D eigenvalue weighted by atomic mass is 32.2. The first-order valence-corrected chi connectivity index (χ1v) is 9.84. The number of alkyl carbamates (subject to hydrolysis) is 1. The van der Waals surface area contributed by atoms with E-state index in [9.17, 15) is 14.9 Å². The molecule has 2 aromatic heterocycles. The maximum atomic E-state index is 11.9. The van der Waals surface area contributed by atoms with Gasteiger partial charge in [-0.1, -0.05) is 11.8 Å². The van der Waals surface area contributed by atoms with Crippen molar-refractivity contribution in [1.29, 1.82) is 0 Å². The van der Waals surface area contributed by atoms with Crippen LogP contribution in [0.4, 0.5) is 10.5 Å². The van der Waals surface area contributed by atoms with Crippen LogP contribution in [0.15, 0.2) is 40.4 Å². The first-order valence-electron chi connectivity index (χ1n) is 9.02. The first kappa shape index (κ1) is 19.2. The van der Waals surface area contributed by atoms with Gasteiger partial charge in [0, 0.05) is 29.8 Å². The molecule has 0 atom stereocenters. The minimum Gasteiger partial charge on any atom is -0.444 e. The van der Waals surface area contributed by atoms with Gasteiger partial charge < -0.3 is 10.1 Å². The Morgan fingerprint density at radius 1 is 1.34 bits per heavy atom. The number of nitrogens with one attached hydrogen (secondary N) is 1. The third-order valence-electron chi connectivity index (χ3n) is 4.26. The fourth-order valence-electron chi connectivity index (χ4n) is 3.16. The van der Waals surface area contributed by atoms with Crippen LogP contribution in [0.3, 0.4) is 0 Å². The van der Waals surface area contributed by atoms with Crippen LogP contribution < -0.4 is 5.32 Å². The Balaban J connectivity index is 1.69. The van der Waals surface area contributed by atoms with Crippen LogP contribution in [-0.4, -0.2) is 37.9 Å². The van der Waals surface area contributed by atoms with Crippen LogP contribution in [0.5, 0.6) is 0 Å². The van der Waals surface area contributed by atoms with Gasteiger partial charge in [-0.3, -0.25) is 14.8 Å². The van der Waals surface area contributed by atoms with Gasteiger partial charge in [0.15, 0.2) is 0 Å². The molecule has 0 spiro atoms. The summed E-state index contributed by atoms with van der Waals surface area (Å²) in [4.78, 5) is 27.9. The van der Waals surface area contributed by atoms with Gasteiger partial charge >= 0.3 is 6.09 Å². The minimum atomic E-state index is -0.573. The summed E-state index contributed by atoms with van der Waals surface area (Å²) >= 11 is 1.28. The van der Waals surface area contributed by atoms with Gasteiger partial charge in [-0.2, -0.15) is 5.10 Å². The SMILES string of the molecule is CC(C)(C)OC(=O)NCCn1nc2c3c(c([N+](=O)[O-])ccc31)Sc1ncccc1-2. The lowest BCUT2D eigenvalue weighted by Gasteiger charge is -2.19. The number of fused-ring (bicyclic) bond motifs is 2. The summed E-state index contributed by atoms with van der Waals surface area (Å²) in [7, 11) is 0. The number of nitro groups is 1. The van der Waals surface area contributed by atoms with Gasteiger partial charge in [0.05, 0.1) is 17.0 Å². The van der Waals surface area contributed by atoms with Gasteiger partial charge in [0.1, 0.15) is 21.2 Å². The van der Waals surface area contributed by atoms with E-state index in [4.69, 9.17) is 4.74 Å². The molecule has 0 unspecified atom stereocenters. The molecular weight excluding hydrogens is 394 g/mol. The topological polar surface area (TPSA) is 112 Å². The second kappa shape index (κ2) is 7.03. The fourth-order valence-corrected chi connectivity index (χ4v) is 4.30. The Kier molecular flexibility index (Phi) is 4.65. The highest BCUT2D eigenvalue weighted by molar-refractivity contribution is 7.99. The molecule has 3 heterocycles. The summed E-state index contributed by atoms with van der Waals surface area (Å²) in [6.07, 6.45) is 1.16. The van der Waals surface area contributed by atoms with E-state index >= 15 is 0 Å². The Bertz CT molecular complexity index is 1140. The lowest BCUT2D eigenvalue weighted by Crippen LogP contribution is -2.34. The van der Waals surface area contributed by atoms with E-state index in [0.717, 1.165) is 16.5 Å². The second-order valence-electron chi connectivity index (χ2n) is 7.52. The van der Waals surface area contributed by atoms with Crippen molar-refractivity contribution in [1.82, 2.24) is 20.1 Å². The molecule has 9 nitrogen and oxygen atoms in total. The number of aromatic nitrogens is 3. The van der Waals surface area contributed by atoms with E-state index in [1.54, 1.807) is 37.7 Å². The molecule has 4 rings (SSSR count). The molecule has 0 saturated carbocycles. The number of carbonyl (C=O) groups excluding carboxylic acids is 1. The van der Waals surface area contributed by atoms with Gasteiger partial charge in [-0.05, 0) is 39.0 Å². The molecule has 1 aliphatic heterocycles. The van der Waals surface area contributed by atoms with E-state index in [1.165, 1.54) is 17.8 Å². The predicted octanol–water partition coefficient (Wildman–Crippen LogP) is 4.00. The van der Waals surface area contributed by atoms with E-state index in [2.05, 4.69) is 15.4 Å². The lowest BCUT2D eigenvalue weighted by molar-refractivity contribution is -0.387. The fraction of sp³-hybridized carbons (Fsp3) is 0.316. The first-order chi connectivity index (χ1) is 13.7. The van der Waals surface area contributed by atoms with Gasteiger partial charge in [0.2, 0.25) is 0 Å². The number of ether oxygens (including phenoxy) is 1. The second-order valence-corrected chi connectivity index (χ2v) is 8.52. The van der Waals surface area contributed by atoms with Gasteiger partial charge in [0.25, 0.3) is 5.69 Å². The Morgan fingerprint density at radius 2 is 2.14 bits per heavy atom. The highest BCUT2D eigenvalue weighted by Gasteiger charge is 2.30. The van der Waals surface area contributed by atoms with E-state index in [1.807, 2.05) is 12.1 Å². The van der Waals surface area contributed by atoms with Gasteiger partial charge in [-0.15, -0.1) is 0 Å². The summed E-state index contributed by atoms with van der Waals surface area (Å²) in [5.74, 6) is 0. The zero-order valence-electron chi connectivity index (χ0n) is 16.1. The predicted molar refractivity (Wildman–Crippen MR) is 108 cm³/mol. The third-order valence-corrected chi connectivity index (χ3v) is 5.40. The Labute approximate surface area is 170 Å². The number of hydrogen-bond acceptors (Lipinski definition) is 7. The van der Waals surface area contributed by atoms with Crippen molar-refractivity contribution in [3.8, 4) is 11.3 Å². The van der Waals surface area contributed by atoms with Crippen molar-refractivity contribution in [3.63, 3.8) is 0 Å². The number of amides is 1. The monoisotopic (exact) mass is 413 g/mol. The Hall–Kier alpha value is -3.14. The van der Waals surface area contributed by atoms with Crippen molar-refractivity contribution in [3.05, 3.63) is 40.6 Å². The largest absolute Gasteiger partial charge is 0.444 e. The summed E-state index contributed by atoms with van der Waals surface area (Å²) < 4.78 is 6.99. The molecule has 29 heavy (non-hydrogen) atoms. The number of nitro benzene ring substituents is 1. The summed E-state index contributed by atoms with van der Waals surface area (Å²) in [5, 5.41) is 20.3. The molecule has 1 aromatic carbocycles. The average molecular weight is 413 g/mol. The van der Waals surface area contributed by atoms with Crippen LogP contribution in [0, 0.1) is 10.1 Å². The third kappa shape index (κ3) is 3.63. The van der Waals surface area contributed by atoms with Crippen molar-refractivity contribution >= 4 is 34.4 Å². The Morgan fingerprint density at radius 3 is 2.86 bits per heavy atom. The minimum absolute atomic E-state index is 0.0338. The molecule has 1 amide bonds. The molecule has 0 radical (unpaired) electrons. The number of pyridine rings is 1. The van der Waals surface area contributed by atoms with Crippen LogP contribution in [0.1, 0.15) is 20.8 Å². The molecule has 0 bridgehead atoms. The lowest BCUT2D eigenvalue weighted by atomic mass is 10.1. The van der Waals surface area contributed by atoms with Crippen LogP contribution >= 0.6 is 11.8 Å². The maximum absolute atomic E-state index is 11.9. The number of nitrogens with zero attached hydrogens (tertiary/aromatic N) is 4. The zero-order valence-corrected chi connectivity index (χ0v) is 16.9. The van der Waals surface area contributed by atoms with E-state index in [-0.39, 0.29) is 10.6 Å². The van der Waals surface area contributed by atoms with Crippen molar-refractivity contribution in [2.75, 3.05) is 6.54 Å². The van der Waals surface area contributed by atoms with Crippen LogP contribution in [-0.2, 0) is 11.3 Å². The normalized spacial score (nSPS) is 12.5. The van der Waals surface area contributed by atoms with E-state index < -0.39 is 11.7 Å². The van der Waals surface area contributed by atoms with Crippen molar-refractivity contribution in [2.45, 2.75) is 42.8 Å². The molecule has 0 aliphatic carbocycles. The quantitative estimate of drug-likeness (QED) is 0.397. The maximum Gasteiger partial charge on any atom is 0.407 e. The zero-order chi connectivity index (χ0) is 20.8. The van der Waals surface area contributed by atoms with Crippen molar-refractivity contribution < 1.29 is 14.5 Å². The number of hydrogen-bond donors (Lipinski definition) is 1.